The largest absolute Gasteiger partial charge is 0.395 e. The number of hydrogen-bond donors (Lipinski definition) is 0. The average Bonchev–Trinajstić information content (AvgIpc) is 2.67. The van der Waals surface area contributed by atoms with Gasteiger partial charge < -0.3 is 0 Å². The molecule has 0 N–H and O–H groups in total. The third-order valence-corrected chi connectivity index (χ3v) is 3.74. The Bertz CT molecular complexity index is 441. The number of halogens is 3. The molecular formula is C16H21F3. The molecule has 0 amide bonds. The summed E-state index contributed by atoms with van der Waals surface area (Å²) in [6.45, 7) is 7.47. The molecule has 0 spiro atoms. The van der Waals surface area contributed by atoms with E-state index >= 15 is 0 Å². The van der Waals surface area contributed by atoms with Crippen molar-refractivity contribution in [2.24, 2.45) is 11.8 Å². The molecule has 1 aliphatic rings. The Hall–Kier alpha value is -1.17. The van der Waals surface area contributed by atoms with Crippen molar-refractivity contribution < 1.29 is 13.2 Å². The van der Waals surface area contributed by atoms with Crippen LogP contribution in [0, 0.1) is 23.7 Å². The van der Waals surface area contributed by atoms with Crippen LogP contribution in [-0.4, -0.2) is 6.18 Å². The molecule has 0 aromatic carbocycles. The zero-order chi connectivity index (χ0) is 14.6. The van der Waals surface area contributed by atoms with Gasteiger partial charge in [-0.15, -0.1) is 5.92 Å². The van der Waals surface area contributed by atoms with E-state index < -0.39 is 12.1 Å². The molecular weight excluding hydrogens is 249 g/mol. The maximum atomic E-state index is 13.0. The van der Waals surface area contributed by atoms with Crippen LogP contribution < -0.4 is 0 Å². The Morgan fingerprint density at radius 1 is 1.47 bits per heavy atom. The van der Waals surface area contributed by atoms with E-state index in [1.165, 1.54) is 0 Å². The zero-order valence-corrected chi connectivity index (χ0v) is 12.0. The monoisotopic (exact) mass is 270 g/mol. The molecule has 0 bridgehead atoms. The van der Waals surface area contributed by atoms with Gasteiger partial charge in [0.25, 0.3) is 0 Å². The minimum atomic E-state index is -4.14. The molecule has 1 rings (SSSR count). The Labute approximate surface area is 113 Å². The summed E-state index contributed by atoms with van der Waals surface area (Å²) < 4.78 is 39.0. The fourth-order valence-electron chi connectivity index (χ4n) is 2.56. The third-order valence-electron chi connectivity index (χ3n) is 3.74. The molecule has 1 aliphatic carbocycles. The van der Waals surface area contributed by atoms with E-state index in [9.17, 15) is 13.2 Å². The van der Waals surface area contributed by atoms with Crippen LogP contribution in [0.4, 0.5) is 13.2 Å². The fourth-order valence-corrected chi connectivity index (χ4v) is 2.56. The lowest BCUT2D eigenvalue weighted by Gasteiger charge is -2.18. The van der Waals surface area contributed by atoms with E-state index in [1.54, 1.807) is 19.9 Å². The molecule has 0 nitrogen and oxygen atoms in total. The van der Waals surface area contributed by atoms with Gasteiger partial charge in [0.15, 0.2) is 0 Å². The smallest absolute Gasteiger partial charge is 0.170 e. The lowest BCUT2D eigenvalue weighted by molar-refractivity contribution is -0.162. The molecule has 0 aromatic rings. The standard InChI is InChI=1S/C16H21F3/c1-5-7-11(3)13(6-2)10-14-12(4)8-9-15(14)16(17,18)19/h10-11,15H,6,8-9H2,1-4H3/b13-10-. The summed E-state index contributed by atoms with van der Waals surface area (Å²) in [6, 6.07) is 0. The molecule has 2 atom stereocenters. The van der Waals surface area contributed by atoms with Crippen LogP contribution in [0.5, 0.6) is 0 Å². The van der Waals surface area contributed by atoms with Crippen LogP contribution in [-0.2, 0) is 0 Å². The highest BCUT2D eigenvalue weighted by atomic mass is 19.4. The molecule has 3 heteroatoms. The van der Waals surface area contributed by atoms with Crippen LogP contribution in [0.3, 0.4) is 0 Å². The average molecular weight is 270 g/mol. The highest BCUT2D eigenvalue weighted by Gasteiger charge is 2.44. The Morgan fingerprint density at radius 3 is 2.58 bits per heavy atom. The molecule has 0 saturated heterocycles. The quantitative estimate of drug-likeness (QED) is 0.613. The Morgan fingerprint density at radius 2 is 2.11 bits per heavy atom. The van der Waals surface area contributed by atoms with Gasteiger partial charge in [-0.3, -0.25) is 0 Å². The van der Waals surface area contributed by atoms with Crippen molar-refractivity contribution in [2.45, 2.75) is 53.1 Å². The van der Waals surface area contributed by atoms with E-state index in [4.69, 9.17) is 0 Å². The maximum absolute atomic E-state index is 13.0. The van der Waals surface area contributed by atoms with E-state index in [0.717, 1.165) is 17.6 Å². The van der Waals surface area contributed by atoms with Gasteiger partial charge in [-0.2, -0.15) is 13.2 Å². The molecule has 0 aliphatic heterocycles. The third kappa shape index (κ3) is 3.89. The van der Waals surface area contributed by atoms with Crippen molar-refractivity contribution in [1.29, 1.82) is 0 Å². The second-order valence-electron chi connectivity index (χ2n) is 5.06. The van der Waals surface area contributed by atoms with Crippen LogP contribution in [0.15, 0.2) is 22.8 Å². The van der Waals surface area contributed by atoms with Gasteiger partial charge in [0, 0.05) is 5.92 Å². The minimum absolute atomic E-state index is 0.0183. The van der Waals surface area contributed by atoms with Crippen LogP contribution >= 0.6 is 0 Å². The Balaban J connectivity index is 3.10. The molecule has 0 saturated carbocycles. The van der Waals surface area contributed by atoms with Crippen molar-refractivity contribution in [2.75, 3.05) is 0 Å². The molecule has 2 unspecified atom stereocenters. The molecule has 106 valence electrons. The van der Waals surface area contributed by atoms with Crippen molar-refractivity contribution in [1.82, 2.24) is 0 Å². The highest BCUT2D eigenvalue weighted by molar-refractivity contribution is 5.37. The minimum Gasteiger partial charge on any atom is -0.170 e. The van der Waals surface area contributed by atoms with Gasteiger partial charge >= 0.3 is 6.18 Å². The predicted octanol–water partition coefficient (Wildman–Crippen LogP) is 5.27. The second-order valence-corrected chi connectivity index (χ2v) is 5.06. The molecule has 0 fully saturated rings. The van der Waals surface area contributed by atoms with Crippen LogP contribution in [0.2, 0.25) is 0 Å². The first-order valence-electron chi connectivity index (χ1n) is 6.70. The first-order chi connectivity index (χ1) is 8.81. The molecule has 0 heterocycles. The number of alkyl halides is 3. The first kappa shape index (κ1) is 15.9. The van der Waals surface area contributed by atoms with Gasteiger partial charge in [-0.05, 0) is 45.6 Å². The summed E-state index contributed by atoms with van der Waals surface area (Å²) in [7, 11) is 0. The second kappa shape index (κ2) is 6.32. The molecule has 0 radical (unpaired) electrons. The summed E-state index contributed by atoms with van der Waals surface area (Å²) in [6.07, 6.45) is -0.929. The number of hydrogen-bond acceptors (Lipinski definition) is 0. The van der Waals surface area contributed by atoms with E-state index in [0.29, 0.717) is 12.0 Å². The summed E-state index contributed by atoms with van der Waals surface area (Å²) in [5.41, 5.74) is 2.32. The van der Waals surface area contributed by atoms with Crippen LogP contribution in [0.1, 0.15) is 47.0 Å². The van der Waals surface area contributed by atoms with Gasteiger partial charge in [0.1, 0.15) is 0 Å². The van der Waals surface area contributed by atoms with Crippen molar-refractivity contribution >= 4 is 0 Å². The highest BCUT2D eigenvalue weighted by Crippen LogP contribution is 2.44. The summed E-state index contributed by atoms with van der Waals surface area (Å²) in [5, 5.41) is 0. The summed E-state index contributed by atoms with van der Waals surface area (Å²) in [5.74, 6) is 4.57. The normalized spacial score (nSPS) is 22.3. The van der Waals surface area contributed by atoms with Gasteiger partial charge in [0.05, 0.1) is 5.92 Å². The molecule has 0 aromatic heterocycles. The lowest BCUT2D eigenvalue weighted by Crippen LogP contribution is -2.22. The van der Waals surface area contributed by atoms with E-state index in [1.807, 2.05) is 13.8 Å². The summed E-state index contributed by atoms with van der Waals surface area (Å²) in [4.78, 5) is 0. The fraction of sp³-hybridized carbons (Fsp3) is 0.625. The van der Waals surface area contributed by atoms with Crippen molar-refractivity contribution in [3.05, 3.63) is 22.8 Å². The van der Waals surface area contributed by atoms with Gasteiger partial charge in [-0.1, -0.05) is 30.1 Å². The lowest BCUT2D eigenvalue weighted by atomic mass is 9.92. The predicted molar refractivity (Wildman–Crippen MR) is 72.5 cm³/mol. The van der Waals surface area contributed by atoms with Crippen LogP contribution in [0.25, 0.3) is 0 Å². The van der Waals surface area contributed by atoms with Gasteiger partial charge in [-0.25, -0.2) is 0 Å². The SMILES string of the molecule is CC#CC(C)/C(=C\C1=C(C)CCC1C(F)(F)F)CC. The number of allylic oxidation sites excluding steroid dienone is 4. The van der Waals surface area contributed by atoms with Gasteiger partial charge in [0.2, 0.25) is 0 Å². The van der Waals surface area contributed by atoms with E-state index in [2.05, 4.69) is 11.8 Å². The Kier molecular flexibility index (Phi) is 5.29. The molecule has 19 heavy (non-hydrogen) atoms. The summed E-state index contributed by atoms with van der Waals surface area (Å²) >= 11 is 0. The van der Waals surface area contributed by atoms with Crippen molar-refractivity contribution in [3.8, 4) is 11.8 Å². The zero-order valence-electron chi connectivity index (χ0n) is 12.0. The van der Waals surface area contributed by atoms with Crippen molar-refractivity contribution in [3.63, 3.8) is 0 Å². The topological polar surface area (TPSA) is 0 Å². The first-order valence-corrected chi connectivity index (χ1v) is 6.70. The maximum Gasteiger partial charge on any atom is 0.395 e. The van der Waals surface area contributed by atoms with E-state index in [-0.39, 0.29) is 12.3 Å². The number of rotatable bonds is 3.